The van der Waals surface area contributed by atoms with Crippen LogP contribution in [-0.2, 0) is 17.6 Å². The summed E-state index contributed by atoms with van der Waals surface area (Å²) >= 11 is 2.84. The number of nitrogen functional groups attached to an aromatic ring is 1. The summed E-state index contributed by atoms with van der Waals surface area (Å²) in [6.45, 7) is -0.694. The highest BCUT2D eigenvalue weighted by atomic mass is 32.1. The molecule has 9 nitrogen and oxygen atoms in total. The highest BCUT2D eigenvalue weighted by molar-refractivity contribution is 7.15. The van der Waals surface area contributed by atoms with Crippen molar-refractivity contribution in [3.05, 3.63) is 33.9 Å². The molecule has 3 aromatic heterocycles. The summed E-state index contributed by atoms with van der Waals surface area (Å²) in [5.41, 5.74) is 6.21. The standard InChI is InChI=1S/C21H24F2N8OS2/c22-21(23)10-31(11-21)15-6-2-5-14(25-15)9-16(32)26-20-30-28-18(34-20)13-4-1-3-12(7-13)8-17-27-29-19(24)33-17/h2,5-6,12-13H,1,3-4,7-11H2,(H2,24,29)(H,26,30,32)/t12?,13-/m0/s1. The molecule has 0 aromatic carbocycles. The van der Waals surface area contributed by atoms with E-state index in [9.17, 15) is 13.6 Å². The van der Waals surface area contributed by atoms with Gasteiger partial charge in [0.1, 0.15) is 15.8 Å². The van der Waals surface area contributed by atoms with Crippen LogP contribution in [-0.4, -0.2) is 50.3 Å². The third kappa shape index (κ3) is 5.46. The van der Waals surface area contributed by atoms with Gasteiger partial charge in [-0.15, -0.1) is 20.4 Å². The molecule has 1 saturated heterocycles. The number of rotatable bonds is 7. The second kappa shape index (κ2) is 9.45. The summed E-state index contributed by atoms with van der Waals surface area (Å²) < 4.78 is 26.3. The molecule has 5 rings (SSSR count). The molecule has 0 bridgehead atoms. The van der Waals surface area contributed by atoms with Crippen LogP contribution in [0.25, 0.3) is 0 Å². The van der Waals surface area contributed by atoms with Crippen molar-refractivity contribution in [1.29, 1.82) is 0 Å². The van der Waals surface area contributed by atoms with Gasteiger partial charge in [0.25, 0.3) is 5.92 Å². The van der Waals surface area contributed by atoms with Crippen molar-refractivity contribution in [3.63, 3.8) is 0 Å². The summed E-state index contributed by atoms with van der Waals surface area (Å²) in [5.74, 6) is -1.68. The zero-order chi connectivity index (χ0) is 23.7. The molecule has 13 heteroatoms. The number of halogens is 2. The molecule has 0 spiro atoms. The number of aromatic nitrogens is 5. The van der Waals surface area contributed by atoms with E-state index in [4.69, 9.17) is 5.73 Å². The lowest BCUT2D eigenvalue weighted by atomic mass is 9.80. The molecule has 1 amide bonds. The van der Waals surface area contributed by atoms with Crippen molar-refractivity contribution < 1.29 is 13.6 Å². The Labute approximate surface area is 202 Å². The van der Waals surface area contributed by atoms with Gasteiger partial charge in [-0.05, 0) is 37.3 Å². The number of hydrogen-bond donors (Lipinski definition) is 2. The molecule has 3 N–H and O–H groups in total. The van der Waals surface area contributed by atoms with Gasteiger partial charge in [0.2, 0.25) is 16.2 Å². The molecule has 2 atom stereocenters. The van der Waals surface area contributed by atoms with Crippen LogP contribution in [0.2, 0.25) is 0 Å². The minimum Gasteiger partial charge on any atom is -0.374 e. The van der Waals surface area contributed by atoms with Gasteiger partial charge in [0, 0.05) is 12.3 Å². The molecular weight excluding hydrogens is 482 g/mol. The van der Waals surface area contributed by atoms with Crippen LogP contribution < -0.4 is 16.0 Å². The van der Waals surface area contributed by atoms with Gasteiger partial charge < -0.3 is 16.0 Å². The molecule has 3 aromatic rings. The fourth-order valence-electron chi connectivity index (χ4n) is 4.49. The highest BCUT2D eigenvalue weighted by Gasteiger charge is 2.44. The van der Waals surface area contributed by atoms with Gasteiger partial charge in [-0.2, -0.15) is 0 Å². The van der Waals surface area contributed by atoms with E-state index in [1.54, 1.807) is 18.2 Å². The Balaban J connectivity index is 1.15. The smallest absolute Gasteiger partial charge is 0.282 e. The number of alkyl halides is 2. The highest BCUT2D eigenvalue weighted by Crippen LogP contribution is 2.39. The lowest BCUT2D eigenvalue weighted by Crippen LogP contribution is -2.56. The summed E-state index contributed by atoms with van der Waals surface area (Å²) in [4.78, 5) is 18.4. The van der Waals surface area contributed by atoms with Gasteiger partial charge >= 0.3 is 0 Å². The van der Waals surface area contributed by atoms with Crippen LogP contribution in [0.3, 0.4) is 0 Å². The molecular formula is C21H24F2N8OS2. The van der Waals surface area contributed by atoms with Crippen LogP contribution in [0.1, 0.15) is 47.3 Å². The van der Waals surface area contributed by atoms with Gasteiger partial charge in [-0.1, -0.05) is 35.2 Å². The molecule has 1 unspecified atom stereocenters. The number of carbonyl (C=O) groups is 1. The van der Waals surface area contributed by atoms with Crippen molar-refractivity contribution >= 4 is 44.7 Å². The first-order valence-corrected chi connectivity index (χ1v) is 12.8. The van der Waals surface area contributed by atoms with Gasteiger partial charge in [-0.3, -0.25) is 4.79 Å². The number of carbonyl (C=O) groups excluding carboxylic acids is 1. The minimum atomic E-state index is -2.67. The minimum absolute atomic E-state index is 0.0312. The largest absolute Gasteiger partial charge is 0.374 e. The number of nitrogens with one attached hydrogen (secondary N) is 1. The van der Waals surface area contributed by atoms with Crippen molar-refractivity contribution in [3.8, 4) is 0 Å². The third-order valence-electron chi connectivity index (χ3n) is 6.07. The number of anilines is 3. The Kier molecular flexibility index (Phi) is 6.38. The van der Waals surface area contributed by atoms with E-state index in [0.29, 0.717) is 33.6 Å². The van der Waals surface area contributed by atoms with E-state index in [1.165, 1.54) is 27.6 Å². The Morgan fingerprint density at radius 2 is 2.03 bits per heavy atom. The summed E-state index contributed by atoms with van der Waals surface area (Å²) in [5, 5.41) is 22.2. The fourth-order valence-corrected chi connectivity index (χ4v) is 6.12. The summed E-state index contributed by atoms with van der Waals surface area (Å²) in [7, 11) is 0. The number of nitrogens with zero attached hydrogens (tertiary/aromatic N) is 6. The fraction of sp³-hybridized carbons (Fsp3) is 0.524. The molecule has 1 aliphatic carbocycles. The predicted molar refractivity (Wildman–Crippen MR) is 126 cm³/mol. The van der Waals surface area contributed by atoms with Crippen molar-refractivity contribution in [2.75, 3.05) is 29.0 Å². The Bertz CT molecular complexity index is 1160. The topological polar surface area (TPSA) is 123 Å². The van der Waals surface area contributed by atoms with Gasteiger partial charge in [0.05, 0.1) is 25.2 Å². The van der Waals surface area contributed by atoms with E-state index in [1.807, 2.05) is 0 Å². The van der Waals surface area contributed by atoms with Crippen LogP contribution in [0.5, 0.6) is 0 Å². The number of amides is 1. The third-order valence-corrected chi connectivity index (χ3v) is 7.84. The Morgan fingerprint density at radius 1 is 1.18 bits per heavy atom. The van der Waals surface area contributed by atoms with E-state index < -0.39 is 5.92 Å². The molecule has 1 aliphatic heterocycles. The van der Waals surface area contributed by atoms with Crippen molar-refractivity contribution in [2.45, 2.75) is 50.4 Å². The molecule has 2 fully saturated rings. The summed E-state index contributed by atoms with van der Waals surface area (Å²) in [6, 6.07) is 5.10. The maximum Gasteiger partial charge on any atom is 0.282 e. The SMILES string of the molecule is Nc1nnc(CC2CCC[C@H](c3nnc(NC(=O)Cc4cccc(N5CC(F)(F)C5)n4)s3)C2)s1. The van der Waals surface area contributed by atoms with Crippen LogP contribution in [0.4, 0.5) is 24.9 Å². The number of pyridine rings is 1. The van der Waals surface area contributed by atoms with Gasteiger partial charge in [-0.25, -0.2) is 13.8 Å². The quantitative estimate of drug-likeness (QED) is 0.499. The van der Waals surface area contributed by atoms with Crippen LogP contribution >= 0.6 is 22.7 Å². The average molecular weight is 507 g/mol. The van der Waals surface area contributed by atoms with Crippen molar-refractivity contribution in [1.82, 2.24) is 25.4 Å². The molecule has 1 saturated carbocycles. The first kappa shape index (κ1) is 23.0. The molecule has 2 aliphatic rings. The zero-order valence-corrected chi connectivity index (χ0v) is 19.9. The van der Waals surface area contributed by atoms with Crippen LogP contribution in [0.15, 0.2) is 18.2 Å². The number of hydrogen-bond acceptors (Lipinski definition) is 10. The predicted octanol–water partition coefficient (Wildman–Crippen LogP) is 3.52. The lowest BCUT2D eigenvalue weighted by Gasteiger charge is -2.39. The van der Waals surface area contributed by atoms with E-state index in [-0.39, 0.29) is 25.4 Å². The monoisotopic (exact) mass is 506 g/mol. The molecule has 180 valence electrons. The van der Waals surface area contributed by atoms with Crippen molar-refractivity contribution in [2.24, 2.45) is 5.92 Å². The summed E-state index contributed by atoms with van der Waals surface area (Å²) in [6.07, 6.45) is 5.19. The maximum atomic E-state index is 13.1. The van der Waals surface area contributed by atoms with E-state index in [0.717, 1.165) is 42.1 Å². The second-order valence-electron chi connectivity index (χ2n) is 8.84. The normalized spacial score (nSPS) is 21.8. The molecule has 34 heavy (non-hydrogen) atoms. The Hall–Kier alpha value is -2.80. The van der Waals surface area contributed by atoms with Crippen LogP contribution in [0, 0.1) is 5.92 Å². The maximum absolute atomic E-state index is 13.1. The Morgan fingerprint density at radius 3 is 2.79 bits per heavy atom. The first-order chi connectivity index (χ1) is 16.3. The number of nitrogens with two attached hydrogens (primary N) is 1. The van der Waals surface area contributed by atoms with Gasteiger partial charge in [0.15, 0.2) is 0 Å². The first-order valence-electron chi connectivity index (χ1n) is 11.1. The van der Waals surface area contributed by atoms with E-state index >= 15 is 0 Å². The second-order valence-corrected chi connectivity index (χ2v) is 10.9. The average Bonchev–Trinajstić information content (AvgIpc) is 3.41. The lowest BCUT2D eigenvalue weighted by molar-refractivity contribution is -0.115. The van der Waals surface area contributed by atoms with E-state index in [2.05, 4.69) is 30.7 Å². The molecule has 4 heterocycles. The molecule has 0 radical (unpaired) electrons. The zero-order valence-electron chi connectivity index (χ0n) is 18.3.